The van der Waals surface area contributed by atoms with Crippen LogP contribution in [0, 0.1) is 5.92 Å². The second kappa shape index (κ2) is 7.16. The molecular weight excluding hydrogens is 232 g/mol. The van der Waals surface area contributed by atoms with Crippen LogP contribution in [0.2, 0.25) is 0 Å². The highest BCUT2D eigenvalue weighted by molar-refractivity contribution is 5.85. The zero-order valence-corrected chi connectivity index (χ0v) is 11.3. The number of hydrogen-bond acceptors (Lipinski definition) is 4. The van der Waals surface area contributed by atoms with E-state index in [-0.39, 0.29) is 5.69 Å². The minimum absolute atomic E-state index is 0.0424. The van der Waals surface area contributed by atoms with E-state index < -0.39 is 5.97 Å². The Hall–Kier alpha value is -1.36. The smallest absolute Gasteiger partial charge is 0.358 e. The van der Waals surface area contributed by atoms with Crippen molar-refractivity contribution in [2.45, 2.75) is 52.6 Å². The largest absolute Gasteiger partial charge is 0.476 e. The highest BCUT2D eigenvalue weighted by Crippen LogP contribution is 2.09. The third-order valence-electron chi connectivity index (χ3n) is 2.82. The first-order chi connectivity index (χ1) is 8.49. The number of carboxylic acid groups (broad SMARTS) is 1. The predicted octanol–water partition coefficient (Wildman–Crippen LogP) is 2.68. The van der Waals surface area contributed by atoms with Gasteiger partial charge in [-0.05, 0) is 19.3 Å². The fraction of sp³-hybridized carbons (Fsp3) is 0.692. The average Bonchev–Trinajstić information content (AvgIpc) is 2.74. The summed E-state index contributed by atoms with van der Waals surface area (Å²) in [6.07, 6.45) is 3.54. The Labute approximate surface area is 108 Å². The van der Waals surface area contributed by atoms with Gasteiger partial charge in [-0.15, -0.1) is 0 Å². The summed E-state index contributed by atoms with van der Waals surface area (Å²) in [6.45, 7) is 7.08. The van der Waals surface area contributed by atoms with E-state index in [1.165, 1.54) is 18.9 Å². The summed E-state index contributed by atoms with van der Waals surface area (Å²) in [7, 11) is 0. The fourth-order valence-electron chi connectivity index (χ4n) is 1.71. The van der Waals surface area contributed by atoms with Crippen molar-refractivity contribution in [1.29, 1.82) is 0 Å². The van der Waals surface area contributed by atoms with E-state index in [9.17, 15) is 4.79 Å². The summed E-state index contributed by atoms with van der Waals surface area (Å²) in [4.78, 5) is 10.6. The number of aromatic nitrogens is 1. The third-order valence-corrected chi connectivity index (χ3v) is 2.82. The standard InChI is InChI=1S/C13H22N2O3/c1-9(2)5-4-6-10(3)14-8-11-7-12(13(16)17)15-18-11/h7,9-10,14H,4-6,8H2,1-3H3,(H,16,17). The zero-order chi connectivity index (χ0) is 13.5. The van der Waals surface area contributed by atoms with Crippen LogP contribution in [-0.2, 0) is 6.54 Å². The summed E-state index contributed by atoms with van der Waals surface area (Å²) in [5, 5.41) is 15.5. The molecule has 1 atom stereocenters. The van der Waals surface area contributed by atoms with Gasteiger partial charge in [0.05, 0.1) is 6.54 Å². The van der Waals surface area contributed by atoms with Gasteiger partial charge in [-0.2, -0.15) is 0 Å². The Morgan fingerprint density at radius 1 is 1.44 bits per heavy atom. The molecule has 0 spiro atoms. The van der Waals surface area contributed by atoms with Crippen molar-refractivity contribution in [3.8, 4) is 0 Å². The topological polar surface area (TPSA) is 75.4 Å². The molecule has 0 saturated carbocycles. The Balaban J connectivity index is 2.24. The van der Waals surface area contributed by atoms with Crippen LogP contribution in [0.4, 0.5) is 0 Å². The first kappa shape index (κ1) is 14.7. The lowest BCUT2D eigenvalue weighted by Gasteiger charge is -2.13. The van der Waals surface area contributed by atoms with Gasteiger partial charge in [0.1, 0.15) is 0 Å². The molecule has 1 aromatic heterocycles. The second-order valence-corrected chi connectivity index (χ2v) is 5.09. The molecule has 2 N–H and O–H groups in total. The van der Waals surface area contributed by atoms with E-state index in [0.29, 0.717) is 18.3 Å². The van der Waals surface area contributed by atoms with E-state index in [0.717, 1.165) is 12.3 Å². The molecule has 0 saturated heterocycles. The van der Waals surface area contributed by atoms with Crippen molar-refractivity contribution < 1.29 is 14.4 Å². The predicted molar refractivity (Wildman–Crippen MR) is 68.5 cm³/mol. The normalized spacial score (nSPS) is 12.9. The van der Waals surface area contributed by atoms with E-state index in [1.807, 2.05) is 0 Å². The van der Waals surface area contributed by atoms with Crippen molar-refractivity contribution in [3.05, 3.63) is 17.5 Å². The SMILES string of the molecule is CC(C)CCCC(C)NCc1cc(C(=O)O)no1. The molecule has 0 aliphatic rings. The van der Waals surface area contributed by atoms with Crippen molar-refractivity contribution in [1.82, 2.24) is 10.5 Å². The summed E-state index contributed by atoms with van der Waals surface area (Å²) in [5.41, 5.74) is -0.0424. The lowest BCUT2D eigenvalue weighted by Crippen LogP contribution is -2.25. The van der Waals surface area contributed by atoms with Crippen LogP contribution < -0.4 is 5.32 Å². The Morgan fingerprint density at radius 2 is 2.17 bits per heavy atom. The van der Waals surface area contributed by atoms with Gasteiger partial charge in [0.2, 0.25) is 0 Å². The maximum Gasteiger partial charge on any atom is 0.358 e. The molecule has 0 fully saturated rings. The summed E-state index contributed by atoms with van der Waals surface area (Å²) in [6, 6.07) is 1.85. The highest BCUT2D eigenvalue weighted by atomic mass is 16.5. The molecule has 0 bridgehead atoms. The molecule has 1 aromatic rings. The quantitative estimate of drug-likeness (QED) is 0.746. The van der Waals surface area contributed by atoms with Crippen LogP contribution in [0.5, 0.6) is 0 Å². The van der Waals surface area contributed by atoms with Crippen molar-refractivity contribution in [2.24, 2.45) is 5.92 Å². The minimum atomic E-state index is -1.06. The first-order valence-corrected chi connectivity index (χ1v) is 6.41. The van der Waals surface area contributed by atoms with E-state index in [2.05, 4.69) is 31.2 Å². The van der Waals surface area contributed by atoms with Gasteiger partial charge in [-0.1, -0.05) is 31.8 Å². The third kappa shape index (κ3) is 5.31. The molecule has 0 aliphatic carbocycles. The molecule has 5 nitrogen and oxygen atoms in total. The van der Waals surface area contributed by atoms with E-state index in [4.69, 9.17) is 9.63 Å². The zero-order valence-electron chi connectivity index (χ0n) is 11.3. The Morgan fingerprint density at radius 3 is 2.72 bits per heavy atom. The maximum atomic E-state index is 10.6. The number of hydrogen-bond donors (Lipinski definition) is 2. The number of aromatic carboxylic acids is 1. The molecule has 1 unspecified atom stereocenters. The molecule has 1 heterocycles. The molecule has 0 aromatic carbocycles. The minimum Gasteiger partial charge on any atom is -0.476 e. The van der Waals surface area contributed by atoms with Gasteiger partial charge in [-0.25, -0.2) is 4.79 Å². The number of carboxylic acids is 1. The molecule has 0 amide bonds. The molecule has 5 heteroatoms. The summed E-state index contributed by atoms with van der Waals surface area (Å²) in [5.74, 6) is 0.239. The highest BCUT2D eigenvalue weighted by Gasteiger charge is 2.11. The van der Waals surface area contributed by atoms with Gasteiger partial charge < -0.3 is 14.9 Å². The molecular formula is C13H22N2O3. The van der Waals surface area contributed by atoms with Gasteiger partial charge >= 0.3 is 5.97 Å². The summed E-state index contributed by atoms with van der Waals surface area (Å²) >= 11 is 0. The molecule has 102 valence electrons. The number of carbonyl (C=O) groups is 1. The van der Waals surface area contributed by atoms with Crippen LogP contribution >= 0.6 is 0 Å². The molecule has 0 radical (unpaired) electrons. The monoisotopic (exact) mass is 254 g/mol. The van der Waals surface area contributed by atoms with Gasteiger partial charge in [0.25, 0.3) is 0 Å². The second-order valence-electron chi connectivity index (χ2n) is 5.09. The van der Waals surface area contributed by atoms with Crippen LogP contribution in [-0.4, -0.2) is 22.3 Å². The van der Waals surface area contributed by atoms with Crippen LogP contribution in [0.1, 0.15) is 56.3 Å². The lowest BCUT2D eigenvalue weighted by atomic mass is 10.0. The number of rotatable bonds is 8. The van der Waals surface area contributed by atoms with Crippen molar-refractivity contribution >= 4 is 5.97 Å². The Bertz CT molecular complexity index is 374. The van der Waals surface area contributed by atoms with Crippen LogP contribution in [0.15, 0.2) is 10.6 Å². The van der Waals surface area contributed by atoms with E-state index >= 15 is 0 Å². The van der Waals surface area contributed by atoms with Gasteiger partial charge in [0, 0.05) is 12.1 Å². The maximum absolute atomic E-state index is 10.6. The molecule has 1 rings (SSSR count). The average molecular weight is 254 g/mol. The molecule has 0 aliphatic heterocycles. The van der Waals surface area contributed by atoms with Gasteiger partial charge in [-0.3, -0.25) is 0 Å². The van der Waals surface area contributed by atoms with E-state index in [1.54, 1.807) is 0 Å². The van der Waals surface area contributed by atoms with Gasteiger partial charge in [0.15, 0.2) is 11.5 Å². The Kier molecular flexibility index (Phi) is 5.85. The fourth-order valence-corrected chi connectivity index (χ4v) is 1.71. The number of nitrogens with one attached hydrogen (secondary N) is 1. The van der Waals surface area contributed by atoms with Crippen LogP contribution in [0.3, 0.4) is 0 Å². The van der Waals surface area contributed by atoms with Crippen LogP contribution in [0.25, 0.3) is 0 Å². The van der Waals surface area contributed by atoms with Crippen molar-refractivity contribution in [2.75, 3.05) is 0 Å². The lowest BCUT2D eigenvalue weighted by molar-refractivity contribution is 0.0685. The molecule has 18 heavy (non-hydrogen) atoms. The first-order valence-electron chi connectivity index (χ1n) is 6.41. The van der Waals surface area contributed by atoms with Crippen molar-refractivity contribution in [3.63, 3.8) is 0 Å². The number of nitrogens with zero attached hydrogens (tertiary/aromatic N) is 1. The summed E-state index contributed by atoms with van der Waals surface area (Å²) < 4.78 is 4.93.